The highest BCUT2D eigenvalue weighted by Crippen LogP contribution is 2.34. The minimum absolute atomic E-state index is 0.131. The van der Waals surface area contributed by atoms with Gasteiger partial charge in [0, 0.05) is 26.8 Å². The van der Waals surface area contributed by atoms with Gasteiger partial charge in [0.1, 0.15) is 0 Å². The summed E-state index contributed by atoms with van der Waals surface area (Å²) in [6.07, 6.45) is 1.82. The molecule has 0 aliphatic rings. The second-order valence-electron chi connectivity index (χ2n) is 4.65. The van der Waals surface area contributed by atoms with Crippen LogP contribution in [0.25, 0.3) is 0 Å². The molecule has 0 saturated carbocycles. The Kier molecular flexibility index (Phi) is 5.09. The van der Waals surface area contributed by atoms with Crippen molar-refractivity contribution in [1.29, 1.82) is 0 Å². The van der Waals surface area contributed by atoms with Crippen molar-refractivity contribution in [1.82, 2.24) is 0 Å². The van der Waals surface area contributed by atoms with Crippen molar-refractivity contribution in [2.45, 2.75) is 19.9 Å². The smallest absolute Gasteiger partial charge is 0.0750 e. The lowest BCUT2D eigenvalue weighted by molar-refractivity contribution is 0.826. The fourth-order valence-corrected chi connectivity index (χ4v) is 3.01. The van der Waals surface area contributed by atoms with Gasteiger partial charge in [0.2, 0.25) is 0 Å². The Morgan fingerprint density at radius 1 is 1.00 bits per heavy atom. The highest BCUT2D eigenvalue weighted by Gasteiger charge is 2.13. The van der Waals surface area contributed by atoms with E-state index in [0.717, 1.165) is 11.1 Å². The molecule has 1 atom stereocenters. The van der Waals surface area contributed by atoms with Crippen LogP contribution in [0, 0.1) is 6.92 Å². The maximum absolute atomic E-state index is 6.19. The Morgan fingerprint density at radius 2 is 1.55 bits per heavy atom. The van der Waals surface area contributed by atoms with Gasteiger partial charge in [-0.2, -0.15) is 0 Å². The summed E-state index contributed by atoms with van der Waals surface area (Å²) in [6, 6.07) is 11.4. The van der Waals surface area contributed by atoms with E-state index >= 15 is 0 Å². The first-order valence-electron chi connectivity index (χ1n) is 6.21. The molecular formula is C16H14Cl3N. The van der Waals surface area contributed by atoms with Crippen LogP contribution in [0.5, 0.6) is 0 Å². The molecular weight excluding hydrogens is 313 g/mol. The Bertz CT molecular complexity index is 610. The summed E-state index contributed by atoms with van der Waals surface area (Å²) < 4.78 is 0. The van der Waals surface area contributed by atoms with Crippen LogP contribution in [0.1, 0.15) is 29.7 Å². The first-order valence-corrected chi connectivity index (χ1v) is 7.35. The average Bonchev–Trinajstić information content (AvgIpc) is 2.37. The van der Waals surface area contributed by atoms with E-state index < -0.39 is 0 Å². The molecule has 4 heteroatoms. The predicted octanol–water partition coefficient (Wildman–Crippen LogP) is 6.14. The van der Waals surface area contributed by atoms with Gasteiger partial charge >= 0.3 is 0 Å². The molecule has 104 valence electrons. The molecule has 2 aromatic carbocycles. The number of halogens is 3. The second kappa shape index (κ2) is 6.62. The highest BCUT2D eigenvalue weighted by molar-refractivity contribution is 6.39. The van der Waals surface area contributed by atoms with Crippen molar-refractivity contribution >= 4 is 41.0 Å². The van der Waals surface area contributed by atoms with E-state index in [-0.39, 0.29) is 6.04 Å². The van der Waals surface area contributed by atoms with Crippen LogP contribution >= 0.6 is 34.8 Å². The molecule has 0 heterocycles. The molecule has 20 heavy (non-hydrogen) atoms. The second-order valence-corrected chi connectivity index (χ2v) is 5.90. The maximum atomic E-state index is 6.19. The van der Waals surface area contributed by atoms with Gasteiger partial charge < -0.3 is 0 Å². The molecule has 1 nitrogen and oxygen atoms in total. The van der Waals surface area contributed by atoms with E-state index in [1.54, 1.807) is 12.1 Å². The number of nitrogens with zero attached hydrogens (tertiary/aromatic N) is 1. The van der Waals surface area contributed by atoms with Gasteiger partial charge in [-0.25, -0.2) is 0 Å². The summed E-state index contributed by atoms with van der Waals surface area (Å²) >= 11 is 18.3. The Labute approximate surface area is 134 Å². The minimum Gasteiger partial charge on any atom is -0.285 e. The SMILES string of the molecule is Cc1ccc(C=NC(C)c2c(Cl)cc(Cl)cc2Cl)cc1. The van der Waals surface area contributed by atoms with Crippen molar-refractivity contribution in [3.63, 3.8) is 0 Å². The molecule has 0 amide bonds. The van der Waals surface area contributed by atoms with Gasteiger partial charge in [-0.1, -0.05) is 64.6 Å². The van der Waals surface area contributed by atoms with E-state index in [2.05, 4.69) is 11.9 Å². The number of hydrogen-bond donors (Lipinski definition) is 0. The van der Waals surface area contributed by atoms with Crippen molar-refractivity contribution in [2.75, 3.05) is 0 Å². The lowest BCUT2D eigenvalue weighted by atomic mass is 10.1. The molecule has 2 rings (SSSR count). The van der Waals surface area contributed by atoms with E-state index in [1.807, 2.05) is 37.4 Å². The molecule has 0 bridgehead atoms. The summed E-state index contributed by atoms with van der Waals surface area (Å²) in [5, 5.41) is 1.60. The average molecular weight is 327 g/mol. The molecule has 1 unspecified atom stereocenters. The van der Waals surface area contributed by atoms with Crippen LogP contribution in [-0.4, -0.2) is 6.21 Å². The van der Waals surface area contributed by atoms with Crippen molar-refractivity contribution in [2.24, 2.45) is 4.99 Å². The van der Waals surface area contributed by atoms with E-state index in [9.17, 15) is 0 Å². The molecule has 0 aliphatic heterocycles. The van der Waals surface area contributed by atoms with Crippen LogP contribution in [0.15, 0.2) is 41.4 Å². The topological polar surface area (TPSA) is 12.4 Å². The van der Waals surface area contributed by atoms with Crippen LogP contribution in [0.4, 0.5) is 0 Å². The van der Waals surface area contributed by atoms with Gasteiger partial charge in [-0.3, -0.25) is 4.99 Å². The lowest BCUT2D eigenvalue weighted by Crippen LogP contribution is -1.94. The van der Waals surface area contributed by atoms with E-state index in [1.165, 1.54) is 5.56 Å². The summed E-state index contributed by atoms with van der Waals surface area (Å²) in [5.74, 6) is 0. The zero-order valence-electron chi connectivity index (χ0n) is 11.2. The molecule has 0 aliphatic carbocycles. The van der Waals surface area contributed by atoms with Gasteiger partial charge in [0.15, 0.2) is 0 Å². The minimum atomic E-state index is -0.131. The summed E-state index contributed by atoms with van der Waals surface area (Å²) in [7, 11) is 0. The van der Waals surface area contributed by atoms with Gasteiger partial charge in [0.25, 0.3) is 0 Å². The number of rotatable bonds is 3. The van der Waals surface area contributed by atoms with Crippen molar-refractivity contribution in [3.8, 4) is 0 Å². The van der Waals surface area contributed by atoms with Crippen LogP contribution in [-0.2, 0) is 0 Å². The van der Waals surface area contributed by atoms with Crippen molar-refractivity contribution < 1.29 is 0 Å². The van der Waals surface area contributed by atoms with Crippen LogP contribution in [0.3, 0.4) is 0 Å². The summed E-state index contributed by atoms with van der Waals surface area (Å²) in [6.45, 7) is 4.00. The molecule has 0 radical (unpaired) electrons. The van der Waals surface area contributed by atoms with Gasteiger partial charge in [-0.05, 0) is 31.5 Å². The number of aliphatic imine (C=N–C) groups is 1. The monoisotopic (exact) mass is 325 g/mol. The number of benzene rings is 2. The molecule has 0 saturated heterocycles. The highest BCUT2D eigenvalue weighted by atomic mass is 35.5. The normalized spacial score (nSPS) is 12.8. The summed E-state index contributed by atoms with van der Waals surface area (Å²) in [4.78, 5) is 4.51. The quantitative estimate of drug-likeness (QED) is 0.601. The first-order chi connectivity index (χ1) is 9.47. The lowest BCUT2D eigenvalue weighted by Gasteiger charge is -2.11. The zero-order chi connectivity index (χ0) is 14.7. The number of hydrogen-bond acceptors (Lipinski definition) is 1. The predicted molar refractivity (Wildman–Crippen MR) is 88.7 cm³/mol. The molecule has 2 aromatic rings. The Hall–Kier alpha value is -1.02. The summed E-state index contributed by atoms with van der Waals surface area (Å²) in [5.41, 5.74) is 3.06. The Morgan fingerprint density at radius 3 is 2.10 bits per heavy atom. The van der Waals surface area contributed by atoms with Gasteiger partial charge in [-0.15, -0.1) is 0 Å². The van der Waals surface area contributed by atoms with E-state index in [0.29, 0.717) is 15.1 Å². The third-order valence-corrected chi connectivity index (χ3v) is 3.83. The third-order valence-electron chi connectivity index (χ3n) is 2.99. The fraction of sp³-hybridized carbons (Fsp3) is 0.188. The van der Waals surface area contributed by atoms with Crippen molar-refractivity contribution in [3.05, 3.63) is 68.2 Å². The zero-order valence-corrected chi connectivity index (χ0v) is 13.5. The van der Waals surface area contributed by atoms with Gasteiger partial charge in [0.05, 0.1) is 6.04 Å². The maximum Gasteiger partial charge on any atom is 0.0750 e. The Balaban J connectivity index is 2.24. The fourth-order valence-electron chi connectivity index (χ4n) is 1.88. The first kappa shape index (κ1) is 15.4. The third kappa shape index (κ3) is 3.76. The molecule has 0 aromatic heterocycles. The largest absolute Gasteiger partial charge is 0.285 e. The standard InChI is InChI=1S/C16H14Cl3N/c1-10-3-5-12(6-4-10)9-20-11(2)16-14(18)7-13(17)8-15(16)19/h3-9,11H,1-2H3. The molecule has 0 N–H and O–H groups in total. The molecule has 0 fully saturated rings. The van der Waals surface area contributed by atoms with E-state index in [4.69, 9.17) is 34.8 Å². The van der Waals surface area contributed by atoms with Crippen LogP contribution < -0.4 is 0 Å². The van der Waals surface area contributed by atoms with Crippen LogP contribution in [0.2, 0.25) is 15.1 Å². The number of aryl methyl sites for hydroxylation is 1. The molecule has 0 spiro atoms.